The zero-order valence-electron chi connectivity index (χ0n) is 7.32. The summed E-state index contributed by atoms with van der Waals surface area (Å²) in [6.07, 6.45) is 0.0812. The van der Waals surface area contributed by atoms with E-state index in [2.05, 4.69) is 11.3 Å². The molecule has 14 heavy (non-hydrogen) atoms. The summed E-state index contributed by atoms with van der Waals surface area (Å²) in [5.74, 6) is -0.966. The van der Waals surface area contributed by atoms with E-state index in [1.54, 1.807) is 0 Å². The second-order valence-electron chi connectivity index (χ2n) is 2.56. The summed E-state index contributed by atoms with van der Waals surface area (Å²) in [7, 11) is -3.96. The standard InChI is InChI=1S/C7H12O5S.Li.H/c1-6(2)7(8)12-4-3-5-13(9,10)11;;/h1,3-5H2,2H3,(H,9,10,11);;. The Bertz CT molecular complexity index is 295. The first-order chi connectivity index (χ1) is 5.83. The molecular weight excluding hydrogens is 203 g/mol. The molecule has 0 aliphatic carbocycles. The van der Waals surface area contributed by atoms with Gasteiger partial charge in [0.1, 0.15) is 0 Å². The molecule has 0 atom stereocenters. The van der Waals surface area contributed by atoms with Crippen LogP contribution in [0.5, 0.6) is 0 Å². The Morgan fingerprint density at radius 3 is 2.36 bits per heavy atom. The number of hydrogen-bond acceptors (Lipinski definition) is 4. The fraction of sp³-hybridized carbons (Fsp3) is 0.571. The summed E-state index contributed by atoms with van der Waals surface area (Å²) in [6, 6.07) is 0. The quantitative estimate of drug-likeness (QED) is 0.225. The molecule has 0 spiro atoms. The van der Waals surface area contributed by atoms with Crippen molar-refractivity contribution in [3.63, 3.8) is 0 Å². The number of carbonyl (C=O) groups is 1. The van der Waals surface area contributed by atoms with Gasteiger partial charge in [0.15, 0.2) is 0 Å². The molecule has 0 saturated carbocycles. The zero-order chi connectivity index (χ0) is 10.5. The number of ether oxygens (including phenoxy) is 1. The summed E-state index contributed by atoms with van der Waals surface area (Å²) in [5, 5.41) is 0. The molecule has 0 amide bonds. The average molecular weight is 216 g/mol. The van der Waals surface area contributed by atoms with E-state index >= 15 is 0 Å². The minimum absolute atomic E-state index is 0. The van der Waals surface area contributed by atoms with Gasteiger partial charge in [0, 0.05) is 5.57 Å². The van der Waals surface area contributed by atoms with Crippen molar-refractivity contribution < 1.29 is 22.5 Å². The van der Waals surface area contributed by atoms with Gasteiger partial charge in [0.25, 0.3) is 10.1 Å². The number of hydrogen-bond donors (Lipinski definition) is 1. The summed E-state index contributed by atoms with van der Waals surface area (Å²) in [5.41, 5.74) is 0.256. The molecular formula is C7H13LiO5S. The van der Waals surface area contributed by atoms with E-state index in [-0.39, 0.29) is 37.5 Å². The minimum atomic E-state index is -3.96. The predicted octanol–water partition coefficient (Wildman–Crippen LogP) is -0.265. The van der Waals surface area contributed by atoms with Gasteiger partial charge in [-0.3, -0.25) is 4.55 Å². The molecule has 78 valence electrons. The summed E-state index contributed by atoms with van der Waals surface area (Å²) < 4.78 is 33.3. The Morgan fingerprint density at radius 1 is 1.50 bits per heavy atom. The van der Waals surface area contributed by atoms with E-state index in [9.17, 15) is 13.2 Å². The SMILES string of the molecule is C=C(C)C(=O)OCCCS(=O)(=O)O.[LiH]. The topological polar surface area (TPSA) is 80.7 Å². The third-order valence-electron chi connectivity index (χ3n) is 1.13. The zero-order valence-corrected chi connectivity index (χ0v) is 8.13. The van der Waals surface area contributed by atoms with Crippen LogP contribution in [0.3, 0.4) is 0 Å². The average Bonchev–Trinajstić information content (AvgIpc) is 1.95. The van der Waals surface area contributed by atoms with Crippen molar-refractivity contribution in [1.82, 2.24) is 0 Å². The van der Waals surface area contributed by atoms with E-state index in [4.69, 9.17) is 4.55 Å². The van der Waals surface area contributed by atoms with Gasteiger partial charge in [0.05, 0.1) is 12.4 Å². The number of rotatable bonds is 5. The molecule has 5 nitrogen and oxygen atoms in total. The fourth-order valence-electron chi connectivity index (χ4n) is 0.529. The Morgan fingerprint density at radius 2 is 2.00 bits per heavy atom. The summed E-state index contributed by atoms with van der Waals surface area (Å²) in [6.45, 7) is 4.80. The van der Waals surface area contributed by atoms with Gasteiger partial charge < -0.3 is 4.74 Å². The first-order valence-corrected chi connectivity index (χ1v) is 5.21. The third kappa shape index (κ3) is 9.80. The van der Waals surface area contributed by atoms with Gasteiger partial charge in [0.2, 0.25) is 0 Å². The first kappa shape index (κ1) is 16.2. The van der Waals surface area contributed by atoms with Gasteiger partial charge in [-0.15, -0.1) is 0 Å². The van der Waals surface area contributed by atoms with Gasteiger partial charge in [-0.05, 0) is 13.3 Å². The second kappa shape index (κ2) is 7.07. The van der Waals surface area contributed by atoms with Gasteiger partial charge in [-0.1, -0.05) is 6.58 Å². The molecule has 7 heteroatoms. The van der Waals surface area contributed by atoms with E-state index in [1.807, 2.05) is 0 Å². The van der Waals surface area contributed by atoms with E-state index in [0.717, 1.165) is 0 Å². The van der Waals surface area contributed by atoms with Crippen LogP contribution in [0, 0.1) is 0 Å². The molecule has 0 bridgehead atoms. The molecule has 0 fully saturated rings. The van der Waals surface area contributed by atoms with E-state index in [0.29, 0.717) is 0 Å². The number of esters is 1. The molecule has 1 N–H and O–H groups in total. The Kier molecular flexibility index (Phi) is 8.16. The third-order valence-corrected chi connectivity index (χ3v) is 1.93. The molecule has 0 saturated heterocycles. The van der Waals surface area contributed by atoms with Crippen molar-refractivity contribution in [2.45, 2.75) is 13.3 Å². The van der Waals surface area contributed by atoms with Crippen LogP contribution in [0.1, 0.15) is 13.3 Å². The van der Waals surface area contributed by atoms with Crippen LogP contribution in [0.2, 0.25) is 0 Å². The van der Waals surface area contributed by atoms with Crippen molar-refractivity contribution in [2.24, 2.45) is 0 Å². The molecule has 0 unspecified atom stereocenters. The van der Waals surface area contributed by atoms with E-state index in [1.165, 1.54) is 6.92 Å². The Labute approximate surface area is 95.4 Å². The Hall–Kier alpha value is -0.283. The Balaban J connectivity index is 0. The van der Waals surface area contributed by atoms with Crippen molar-refractivity contribution >= 4 is 34.9 Å². The van der Waals surface area contributed by atoms with Crippen molar-refractivity contribution in [3.05, 3.63) is 12.2 Å². The van der Waals surface area contributed by atoms with Gasteiger partial charge in [-0.2, -0.15) is 8.42 Å². The molecule has 0 aliphatic rings. The normalized spacial score (nSPS) is 10.1. The van der Waals surface area contributed by atoms with Crippen molar-refractivity contribution in [2.75, 3.05) is 12.4 Å². The molecule has 0 rings (SSSR count). The van der Waals surface area contributed by atoms with Crippen LogP contribution in [0.15, 0.2) is 12.2 Å². The van der Waals surface area contributed by atoms with Crippen LogP contribution in [0.4, 0.5) is 0 Å². The molecule has 0 aromatic carbocycles. The van der Waals surface area contributed by atoms with Crippen molar-refractivity contribution in [1.29, 1.82) is 0 Å². The monoisotopic (exact) mass is 216 g/mol. The maximum absolute atomic E-state index is 10.7. The second-order valence-corrected chi connectivity index (χ2v) is 4.13. The first-order valence-electron chi connectivity index (χ1n) is 3.61. The molecule has 0 aromatic heterocycles. The molecule has 0 heterocycles. The molecule has 0 radical (unpaired) electrons. The maximum atomic E-state index is 10.7. The van der Waals surface area contributed by atoms with Gasteiger partial charge >= 0.3 is 24.8 Å². The predicted molar refractivity (Wildman–Crippen MR) is 54.0 cm³/mol. The molecule has 0 aromatic rings. The van der Waals surface area contributed by atoms with Crippen LogP contribution < -0.4 is 0 Å². The fourth-order valence-corrected chi connectivity index (χ4v) is 1.01. The summed E-state index contributed by atoms with van der Waals surface area (Å²) in [4.78, 5) is 10.7. The summed E-state index contributed by atoms with van der Waals surface area (Å²) >= 11 is 0. The van der Waals surface area contributed by atoms with Crippen LogP contribution in [0.25, 0.3) is 0 Å². The van der Waals surface area contributed by atoms with E-state index < -0.39 is 21.8 Å². The molecule has 0 aliphatic heterocycles. The van der Waals surface area contributed by atoms with Gasteiger partial charge in [-0.25, -0.2) is 4.79 Å². The van der Waals surface area contributed by atoms with Crippen LogP contribution >= 0.6 is 0 Å². The van der Waals surface area contributed by atoms with Crippen molar-refractivity contribution in [3.8, 4) is 0 Å². The van der Waals surface area contributed by atoms with Crippen LogP contribution in [-0.4, -0.2) is 50.2 Å². The number of carbonyl (C=O) groups excluding carboxylic acids is 1. The van der Waals surface area contributed by atoms with Crippen LogP contribution in [-0.2, 0) is 19.6 Å².